The van der Waals surface area contributed by atoms with Gasteiger partial charge in [0.1, 0.15) is 35.5 Å². The lowest BCUT2D eigenvalue weighted by Crippen LogP contribution is -2.57. The van der Waals surface area contributed by atoms with Gasteiger partial charge in [-0.2, -0.15) is 18.4 Å². The number of carbonyl (C=O) groups excluding carboxylic acids is 4. The number of hydrogen-bond acceptors (Lipinski definition) is 12. The van der Waals surface area contributed by atoms with Crippen LogP contribution in [0.4, 0.5) is 28.9 Å². The maximum Gasteiger partial charge on any atom is 0.420 e. The van der Waals surface area contributed by atoms with Crippen molar-refractivity contribution in [1.29, 1.82) is 5.26 Å². The monoisotopic (exact) mass is 1070 g/mol. The molecule has 0 spiro atoms. The smallest absolute Gasteiger partial charge is 0.420 e. The first kappa shape index (κ1) is 55.7. The fraction of sp³-hybridized carbons (Fsp3) is 0.407. The van der Waals surface area contributed by atoms with Crippen LogP contribution in [0.1, 0.15) is 93.5 Å². The van der Waals surface area contributed by atoms with Gasteiger partial charge in [0, 0.05) is 31.3 Å². The zero-order valence-electron chi connectivity index (χ0n) is 42.5. The number of likely N-dealkylation sites (tertiary alicyclic amines) is 1. The molecule has 0 saturated carbocycles. The van der Waals surface area contributed by atoms with Crippen molar-refractivity contribution in [3.8, 4) is 28.1 Å². The molecule has 0 aliphatic carbocycles. The Kier molecular flexibility index (Phi) is 17.3. The van der Waals surface area contributed by atoms with Crippen LogP contribution in [0, 0.1) is 35.4 Å². The average molecular weight is 1070 g/mol. The lowest BCUT2D eigenvalue weighted by atomic mass is 9.85. The van der Waals surface area contributed by atoms with Gasteiger partial charge >= 0.3 is 6.18 Å². The highest BCUT2D eigenvalue weighted by molar-refractivity contribution is 7.81. The van der Waals surface area contributed by atoms with E-state index in [0.29, 0.717) is 74.1 Å². The number of benzene rings is 3. The Balaban J connectivity index is 0.816. The summed E-state index contributed by atoms with van der Waals surface area (Å²) in [6.07, 6.45) is -2.02. The van der Waals surface area contributed by atoms with E-state index >= 15 is 4.39 Å². The number of pyridine rings is 1. The normalized spacial score (nSPS) is 17.0. The Hall–Kier alpha value is -7.02. The number of aromatic nitrogens is 2. The minimum atomic E-state index is -5.19. The molecule has 3 aromatic carbocycles. The van der Waals surface area contributed by atoms with E-state index < -0.39 is 63.7 Å². The van der Waals surface area contributed by atoms with Gasteiger partial charge in [-0.25, -0.2) is 14.4 Å². The molecule has 2 aliphatic heterocycles. The highest BCUT2D eigenvalue weighted by atomic mass is 32.1. The summed E-state index contributed by atoms with van der Waals surface area (Å²) in [6.45, 7) is 14.6. The van der Waals surface area contributed by atoms with Crippen molar-refractivity contribution in [2.24, 2.45) is 11.3 Å². The summed E-state index contributed by atoms with van der Waals surface area (Å²) >= 11 is 7.08. The average Bonchev–Trinajstić information content (AvgIpc) is 4.04. The number of ether oxygens (including phenoxy) is 3. The molecule has 4 amide bonds. The van der Waals surface area contributed by atoms with Crippen LogP contribution in [-0.4, -0.2) is 94.2 Å². The highest BCUT2D eigenvalue weighted by Crippen LogP contribution is 2.42. The molecule has 15 nitrogen and oxygen atoms in total. The first-order valence-corrected chi connectivity index (χ1v) is 25.6. The Bertz CT molecular complexity index is 2940. The van der Waals surface area contributed by atoms with Gasteiger partial charge in [0.15, 0.2) is 10.9 Å². The lowest BCUT2D eigenvalue weighted by molar-refractivity contribution is -0.142. The summed E-state index contributed by atoms with van der Waals surface area (Å²) < 4.78 is 73.9. The summed E-state index contributed by atoms with van der Waals surface area (Å²) in [5.41, 5.74) is -0.102. The number of nitriles is 1. The SMILES string of the molecule is Cc1ncsc1-c1ccc(CNC(=O)[C@@H]2C[C@@H](C)CN2C(=O)[C@@H](NC(=O)c2ccc(OCCOCCCCOc3ccc(N4C(=S)N(c5ccc(C#N)c(C(F)(F)F)c5F)C(=O)C4(C)C)cn3)cc2)C(C)(C)C)cc1. The van der Waals surface area contributed by atoms with Crippen molar-refractivity contribution in [2.45, 2.75) is 98.1 Å². The van der Waals surface area contributed by atoms with Gasteiger partial charge in [0.05, 0.1) is 58.5 Å². The first-order valence-electron chi connectivity index (χ1n) is 24.3. The number of halogens is 4. The standard InChI is InChI=1S/C54H58F4N8O7S2/c1-32-26-41(48(68)61-28-34-10-12-35(13-11-34)45-33(2)62-31-75-45)64(30-32)49(69)46(52(3,4)5)63-47(67)36-14-18-39(19-15-36)72-25-24-71-22-8-9-23-73-42-21-17-38(29-60-42)66-51(74)65(50(70)53(66,6)7)40-20-16-37(27-59)43(44(40)55)54(56,57)58/h10-21,29,31-32,41,46H,8-9,22-26,28,30H2,1-7H3,(H,61,68)(H,63,67)/t32-,41+,46-/m1/s1. The van der Waals surface area contributed by atoms with Crippen molar-refractivity contribution >= 4 is 63.7 Å². The summed E-state index contributed by atoms with van der Waals surface area (Å²) in [6, 6.07) is 19.1. The zero-order chi connectivity index (χ0) is 54.4. The van der Waals surface area contributed by atoms with E-state index in [1.807, 2.05) is 64.4 Å². The first-order chi connectivity index (χ1) is 35.5. The van der Waals surface area contributed by atoms with Gasteiger partial charge < -0.3 is 34.6 Å². The minimum Gasteiger partial charge on any atom is -0.491 e. The van der Waals surface area contributed by atoms with Gasteiger partial charge in [-0.1, -0.05) is 52.0 Å². The fourth-order valence-corrected chi connectivity index (χ4v) is 10.2. The van der Waals surface area contributed by atoms with Crippen LogP contribution in [0.2, 0.25) is 0 Å². The van der Waals surface area contributed by atoms with Crippen molar-refractivity contribution < 1.29 is 51.0 Å². The van der Waals surface area contributed by atoms with Gasteiger partial charge in [-0.3, -0.25) is 24.1 Å². The van der Waals surface area contributed by atoms with Gasteiger partial charge in [0.2, 0.25) is 17.7 Å². The molecule has 2 saturated heterocycles. The number of aryl methyl sites for hydroxylation is 1. The Morgan fingerprint density at radius 3 is 2.28 bits per heavy atom. The fourth-order valence-electron chi connectivity index (χ4n) is 8.87. The molecular formula is C54H58F4N8O7S2. The minimum absolute atomic E-state index is 0.0920. The Morgan fingerprint density at radius 2 is 1.65 bits per heavy atom. The molecule has 21 heteroatoms. The second-order valence-electron chi connectivity index (χ2n) is 19.9. The van der Waals surface area contributed by atoms with E-state index in [-0.39, 0.29) is 35.3 Å². The van der Waals surface area contributed by atoms with E-state index in [9.17, 15) is 32.3 Å². The maximum absolute atomic E-state index is 15.4. The van der Waals surface area contributed by atoms with Crippen LogP contribution in [0.15, 0.2) is 84.5 Å². The van der Waals surface area contributed by atoms with Gasteiger partial charge in [-0.05, 0) is 117 Å². The van der Waals surface area contributed by atoms with E-state index in [2.05, 4.69) is 20.6 Å². The van der Waals surface area contributed by atoms with Crippen LogP contribution in [0.5, 0.6) is 11.6 Å². The van der Waals surface area contributed by atoms with E-state index in [1.165, 1.54) is 31.0 Å². The molecule has 2 aliphatic rings. The van der Waals surface area contributed by atoms with Crippen molar-refractivity contribution in [1.82, 2.24) is 25.5 Å². The number of unbranched alkanes of at least 4 members (excludes halogenated alkanes) is 1. The van der Waals surface area contributed by atoms with Gasteiger partial charge in [0.25, 0.3) is 11.8 Å². The van der Waals surface area contributed by atoms with E-state index in [0.717, 1.165) is 33.8 Å². The third-order valence-electron chi connectivity index (χ3n) is 12.9. The Labute approximate surface area is 442 Å². The van der Waals surface area contributed by atoms with Crippen LogP contribution in [0.3, 0.4) is 0 Å². The number of nitrogens with zero attached hydrogens (tertiary/aromatic N) is 6. The molecule has 5 aromatic rings. The molecular weight excluding hydrogens is 1010 g/mol. The van der Waals surface area contributed by atoms with Crippen molar-refractivity contribution in [2.75, 3.05) is 42.8 Å². The maximum atomic E-state index is 15.4. The summed E-state index contributed by atoms with van der Waals surface area (Å²) in [4.78, 5) is 68.3. The summed E-state index contributed by atoms with van der Waals surface area (Å²) in [5.74, 6) is -2.67. The van der Waals surface area contributed by atoms with Crippen LogP contribution < -0.4 is 29.9 Å². The highest BCUT2D eigenvalue weighted by Gasteiger charge is 2.52. The molecule has 0 unspecified atom stereocenters. The predicted octanol–water partition coefficient (Wildman–Crippen LogP) is 9.41. The number of thiazole rings is 1. The second-order valence-corrected chi connectivity index (χ2v) is 21.2. The third-order valence-corrected chi connectivity index (χ3v) is 14.2. The van der Waals surface area contributed by atoms with Crippen LogP contribution in [-0.2, 0) is 31.8 Å². The van der Waals surface area contributed by atoms with Crippen LogP contribution >= 0.6 is 23.6 Å². The number of hydrogen-bond donors (Lipinski definition) is 2. The molecule has 3 atom stereocenters. The molecule has 396 valence electrons. The van der Waals surface area contributed by atoms with E-state index in [4.69, 9.17) is 31.7 Å². The number of alkyl halides is 3. The molecule has 2 aromatic heterocycles. The number of anilines is 2. The number of rotatable bonds is 19. The number of thiocarbonyl (C=S) groups is 1. The van der Waals surface area contributed by atoms with E-state index in [1.54, 1.807) is 52.6 Å². The molecule has 0 bridgehead atoms. The predicted molar refractivity (Wildman–Crippen MR) is 279 cm³/mol. The molecule has 2 fully saturated rings. The quantitative estimate of drug-likeness (QED) is 0.0455. The van der Waals surface area contributed by atoms with Crippen molar-refractivity contribution in [3.05, 3.63) is 118 Å². The molecule has 2 N–H and O–H groups in total. The summed E-state index contributed by atoms with van der Waals surface area (Å²) in [5, 5.41) is 14.9. The lowest BCUT2D eigenvalue weighted by Gasteiger charge is -2.35. The topological polar surface area (TPSA) is 179 Å². The summed E-state index contributed by atoms with van der Waals surface area (Å²) in [7, 11) is 0. The molecule has 4 heterocycles. The number of carbonyl (C=O) groups is 4. The van der Waals surface area contributed by atoms with Crippen molar-refractivity contribution in [3.63, 3.8) is 0 Å². The molecule has 75 heavy (non-hydrogen) atoms. The second kappa shape index (κ2) is 23.3. The Morgan fingerprint density at radius 1 is 0.947 bits per heavy atom. The largest absolute Gasteiger partial charge is 0.491 e. The molecule has 0 radical (unpaired) electrons. The van der Waals surface area contributed by atoms with Crippen LogP contribution in [0.25, 0.3) is 10.4 Å². The number of amides is 4. The van der Waals surface area contributed by atoms with Gasteiger partial charge in [-0.15, -0.1) is 11.3 Å². The third kappa shape index (κ3) is 12.7. The molecule has 7 rings (SSSR count). The zero-order valence-corrected chi connectivity index (χ0v) is 44.2. The number of nitrogens with one attached hydrogen (secondary N) is 2.